The number of anilines is 2. The smallest absolute Gasteiger partial charge is 0.255 e. The van der Waals surface area contributed by atoms with Crippen molar-refractivity contribution in [2.24, 2.45) is 0 Å². The number of hydrogen-bond donors (Lipinski definition) is 2. The fourth-order valence-corrected chi connectivity index (χ4v) is 2.26. The molecule has 1 aliphatic rings. The van der Waals surface area contributed by atoms with Crippen LogP contribution in [0.3, 0.4) is 0 Å². The van der Waals surface area contributed by atoms with Gasteiger partial charge in [-0.2, -0.15) is 0 Å². The first-order valence-corrected chi connectivity index (χ1v) is 6.61. The zero-order valence-corrected chi connectivity index (χ0v) is 11.2. The van der Waals surface area contributed by atoms with Crippen LogP contribution in [0.4, 0.5) is 15.8 Å². The molecular formula is C16H13FN2O2. The predicted octanol–water partition coefficient (Wildman–Crippen LogP) is 2.96. The van der Waals surface area contributed by atoms with E-state index in [0.29, 0.717) is 24.1 Å². The summed E-state index contributed by atoms with van der Waals surface area (Å²) in [7, 11) is 0. The van der Waals surface area contributed by atoms with Gasteiger partial charge < -0.3 is 10.6 Å². The zero-order valence-electron chi connectivity index (χ0n) is 11.2. The minimum atomic E-state index is -0.350. The van der Waals surface area contributed by atoms with Crippen LogP contribution in [0.5, 0.6) is 0 Å². The average molecular weight is 284 g/mol. The SMILES string of the molecule is O=C1CCc2cc(C(=O)Nc3ccc(F)cc3)ccc2N1. The number of hydrogen-bond acceptors (Lipinski definition) is 2. The lowest BCUT2D eigenvalue weighted by atomic mass is 10.00. The van der Waals surface area contributed by atoms with E-state index in [1.165, 1.54) is 24.3 Å². The van der Waals surface area contributed by atoms with Gasteiger partial charge >= 0.3 is 0 Å². The number of nitrogens with one attached hydrogen (secondary N) is 2. The highest BCUT2D eigenvalue weighted by molar-refractivity contribution is 6.05. The quantitative estimate of drug-likeness (QED) is 0.890. The summed E-state index contributed by atoms with van der Waals surface area (Å²) in [6.07, 6.45) is 1.05. The molecule has 3 rings (SSSR count). The summed E-state index contributed by atoms with van der Waals surface area (Å²) in [4.78, 5) is 23.4. The highest BCUT2D eigenvalue weighted by atomic mass is 19.1. The molecule has 106 valence electrons. The number of rotatable bonds is 2. The van der Waals surface area contributed by atoms with E-state index < -0.39 is 0 Å². The molecule has 0 atom stereocenters. The molecule has 4 nitrogen and oxygen atoms in total. The van der Waals surface area contributed by atoms with Gasteiger partial charge in [0.1, 0.15) is 5.82 Å². The van der Waals surface area contributed by atoms with Crippen molar-refractivity contribution in [2.75, 3.05) is 10.6 Å². The lowest BCUT2D eigenvalue weighted by Crippen LogP contribution is -2.20. The molecule has 0 bridgehead atoms. The van der Waals surface area contributed by atoms with Gasteiger partial charge in [0.2, 0.25) is 5.91 Å². The molecule has 2 amide bonds. The first-order valence-electron chi connectivity index (χ1n) is 6.61. The molecule has 2 N–H and O–H groups in total. The Labute approximate surface area is 121 Å². The van der Waals surface area contributed by atoms with Crippen molar-refractivity contribution in [1.82, 2.24) is 0 Å². The Morgan fingerprint density at radius 3 is 2.62 bits per heavy atom. The number of aryl methyl sites for hydroxylation is 1. The maximum atomic E-state index is 12.8. The average Bonchev–Trinajstić information content (AvgIpc) is 2.49. The third kappa shape index (κ3) is 2.91. The molecule has 5 heteroatoms. The monoisotopic (exact) mass is 284 g/mol. The standard InChI is InChI=1S/C16H13FN2O2/c17-12-3-5-13(6-4-12)18-16(21)11-1-7-14-10(9-11)2-8-15(20)19-14/h1,3-7,9H,2,8H2,(H,18,21)(H,19,20). The van der Waals surface area contributed by atoms with Crippen molar-refractivity contribution in [1.29, 1.82) is 0 Å². The van der Waals surface area contributed by atoms with E-state index in [0.717, 1.165) is 11.3 Å². The first kappa shape index (κ1) is 13.3. The van der Waals surface area contributed by atoms with Crippen LogP contribution in [0.1, 0.15) is 22.3 Å². The van der Waals surface area contributed by atoms with Gasteiger partial charge in [0.15, 0.2) is 0 Å². The summed E-state index contributed by atoms with van der Waals surface area (Å²) in [6, 6.07) is 10.7. The van der Waals surface area contributed by atoms with Crippen molar-refractivity contribution in [3.63, 3.8) is 0 Å². The molecule has 21 heavy (non-hydrogen) atoms. The molecule has 0 aromatic heterocycles. The minimum absolute atomic E-state index is 0.00832. The second kappa shape index (κ2) is 5.36. The van der Waals surface area contributed by atoms with E-state index in [9.17, 15) is 14.0 Å². The number of halogens is 1. The zero-order chi connectivity index (χ0) is 14.8. The number of fused-ring (bicyclic) bond motifs is 1. The van der Waals surface area contributed by atoms with Gasteiger partial charge in [-0.3, -0.25) is 9.59 Å². The summed E-state index contributed by atoms with van der Waals surface area (Å²) in [5.41, 5.74) is 2.74. The van der Waals surface area contributed by atoms with Crippen LogP contribution in [-0.4, -0.2) is 11.8 Å². The van der Waals surface area contributed by atoms with E-state index in [1.54, 1.807) is 18.2 Å². The molecule has 1 aliphatic heterocycles. The molecule has 2 aromatic rings. The molecular weight excluding hydrogens is 271 g/mol. The van der Waals surface area contributed by atoms with Crippen molar-refractivity contribution < 1.29 is 14.0 Å². The van der Waals surface area contributed by atoms with E-state index in [-0.39, 0.29) is 17.6 Å². The number of benzene rings is 2. The Morgan fingerprint density at radius 1 is 1.10 bits per heavy atom. The van der Waals surface area contributed by atoms with Crippen molar-refractivity contribution in [3.05, 3.63) is 59.4 Å². The Kier molecular flexibility index (Phi) is 3.39. The van der Waals surface area contributed by atoms with Crippen LogP contribution in [0, 0.1) is 5.82 Å². The third-order valence-electron chi connectivity index (χ3n) is 3.37. The molecule has 0 spiro atoms. The summed E-state index contributed by atoms with van der Waals surface area (Å²) in [6.45, 7) is 0. The molecule has 0 saturated heterocycles. The van der Waals surface area contributed by atoms with Gasteiger partial charge in [-0.15, -0.1) is 0 Å². The molecule has 0 fully saturated rings. The fourth-order valence-electron chi connectivity index (χ4n) is 2.26. The molecule has 0 radical (unpaired) electrons. The topological polar surface area (TPSA) is 58.2 Å². The van der Waals surface area contributed by atoms with Gasteiger partial charge in [-0.25, -0.2) is 4.39 Å². The Balaban J connectivity index is 1.79. The summed E-state index contributed by atoms with van der Waals surface area (Å²) in [5.74, 6) is -0.621. The highest BCUT2D eigenvalue weighted by Crippen LogP contribution is 2.24. The lowest BCUT2D eigenvalue weighted by molar-refractivity contribution is -0.116. The number of carbonyl (C=O) groups is 2. The minimum Gasteiger partial charge on any atom is -0.326 e. The van der Waals surface area contributed by atoms with Gasteiger partial charge in [-0.05, 0) is 54.4 Å². The van der Waals surface area contributed by atoms with Crippen LogP contribution in [0.25, 0.3) is 0 Å². The van der Waals surface area contributed by atoms with Crippen LogP contribution < -0.4 is 10.6 Å². The normalized spacial score (nSPS) is 13.3. The fraction of sp³-hybridized carbons (Fsp3) is 0.125. The lowest BCUT2D eigenvalue weighted by Gasteiger charge is -2.17. The van der Waals surface area contributed by atoms with E-state index in [2.05, 4.69) is 10.6 Å². The van der Waals surface area contributed by atoms with Crippen molar-refractivity contribution in [2.45, 2.75) is 12.8 Å². The molecule has 1 heterocycles. The molecule has 0 unspecified atom stereocenters. The summed E-state index contributed by atoms with van der Waals surface area (Å²) >= 11 is 0. The molecule has 0 aliphatic carbocycles. The Hall–Kier alpha value is -2.69. The van der Waals surface area contributed by atoms with Crippen LogP contribution in [0.15, 0.2) is 42.5 Å². The van der Waals surface area contributed by atoms with Crippen LogP contribution in [-0.2, 0) is 11.2 Å². The largest absolute Gasteiger partial charge is 0.326 e. The maximum absolute atomic E-state index is 12.8. The predicted molar refractivity (Wildman–Crippen MR) is 77.7 cm³/mol. The second-order valence-electron chi connectivity index (χ2n) is 4.88. The number of amides is 2. The van der Waals surface area contributed by atoms with Gasteiger partial charge in [0, 0.05) is 23.4 Å². The summed E-state index contributed by atoms with van der Waals surface area (Å²) in [5, 5.41) is 5.48. The maximum Gasteiger partial charge on any atom is 0.255 e. The van der Waals surface area contributed by atoms with Gasteiger partial charge in [0.05, 0.1) is 0 Å². The molecule has 0 saturated carbocycles. The van der Waals surface area contributed by atoms with Gasteiger partial charge in [-0.1, -0.05) is 0 Å². The summed E-state index contributed by atoms with van der Waals surface area (Å²) < 4.78 is 12.8. The second-order valence-corrected chi connectivity index (χ2v) is 4.88. The first-order chi connectivity index (χ1) is 10.1. The van der Waals surface area contributed by atoms with Crippen molar-refractivity contribution >= 4 is 23.2 Å². The van der Waals surface area contributed by atoms with Gasteiger partial charge in [0.25, 0.3) is 5.91 Å². The Bertz CT molecular complexity index is 711. The van der Waals surface area contributed by atoms with E-state index >= 15 is 0 Å². The highest BCUT2D eigenvalue weighted by Gasteiger charge is 2.16. The third-order valence-corrected chi connectivity index (χ3v) is 3.37. The van der Waals surface area contributed by atoms with Crippen LogP contribution in [0.2, 0.25) is 0 Å². The van der Waals surface area contributed by atoms with E-state index in [1.807, 2.05) is 0 Å². The van der Waals surface area contributed by atoms with E-state index in [4.69, 9.17) is 0 Å². The van der Waals surface area contributed by atoms with Crippen molar-refractivity contribution in [3.8, 4) is 0 Å². The van der Waals surface area contributed by atoms with Crippen LogP contribution >= 0.6 is 0 Å². The Morgan fingerprint density at radius 2 is 1.86 bits per heavy atom. The molecule has 2 aromatic carbocycles. The number of carbonyl (C=O) groups excluding carboxylic acids is 2.